The van der Waals surface area contributed by atoms with Crippen molar-refractivity contribution < 1.29 is 9.53 Å². The van der Waals surface area contributed by atoms with Crippen LogP contribution in [-0.4, -0.2) is 12.6 Å². The zero-order valence-electron chi connectivity index (χ0n) is 8.22. The molecule has 0 aromatic heterocycles. The molecule has 0 aliphatic rings. The number of benzene rings is 1. The van der Waals surface area contributed by atoms with E-state index in [-0.39, 0.29) is 16.3 Å². The Balaban J connectivity index is 2.98. The maximum Gasteiger partial charge on any atom is 0.341 e. The van der Waals surface area contributed by atoms with E-state index in [4.69, 9.17) is 33.7 Å². The first-order chi connectivity index (χ1) is 7.06. The van der Waals surface area contributed by atoms with Gasteiger partial charge in [0.25, 0.3) is 0 Å². The molecule has 82 valence electrons. The summed E-state index contributed by atoms with van der Waals surface area (Å²) in [6.07, 6.45) is 0.747. The van der Waals surface area contributed by atoms with Crippen molar-refractivity contribution in [2.24, 2.45) is 0 Å². The topological polar surface area (TPSA) is 52.3 Å². The SMILES string of the molecule is CCCOC(=O)c1c(N)cc(Cl)cc1Cl. The number of esters is 1. The van der Waals surface area contributed by atoms with Gasteiger partial charge in [-0.15, -0.1) is 0 Å². The van der Waals surface area contributed by atoms with Gasteiger partial charge in [0.15, 0.2) is 0 Å². The molecule has 0 saturated carbocycles. The molecule has 5 heteroatoms. The Hall–Kier alpha value is -0.930. The molecule has 0 atom stereocenters. The molecule has 1 aromatic carbocycles. The Morgan fingerprint density at radius 2 is 2.13 bits per heavy atom. The van der Waals surface area contributed by atoms with Gasteiger partial charge in [0.2, 0.25) is 0 Å². The van der Waals surface area contributed by atoms with E-state index in [1.807, 2.05) is 6.92 Å². The van der Waals surface area contributed by atoms with Gasteiger partial charge in [-0.3, -0.25) is 0 Å². The van der Waals surface area contributed by atoms with Crippen molar-refractivity contribution in [3.63, 3.8) is 0 Å². The van der Waals surface area contributed by atoms with Gasteiger partial charge in [0.05, 0.1) is 11.6 Å². The van der Waals surface area contributed by atoms with Gasteiger partial charge in [-0.2, -0.15) is 0 Å². The largest absolute Gasteiger partial charge is 0.462 e. The number of carbonyl (C=O) groups excluding carboxylic acids is 1. The third kappa shape index (κ3) is 3.01. The summed E-state index contributed by atoms with van der Waals surface area (Å²) in [5.41, 5.74) is 6.03. The number of halogens is 2. The lowest BCUT2D eigenvalue weighted by Crippen LogP contribution is -2.09. The molecule has 0 heterocycles. The molecule has 3 nitrogen and oxygen atoms in total. The van der Waals surface area contributed by atoms with Crippen LogP contribution in [0.5, 0.6) is 0 Å². The zero-order chi connectivity index (χ0) is 11.4. The van der Waals surface area contributed by atoms with E-state index in [9.17, 15) is 4.79 Å². The third-order valence-corrected chi connectivity index (χ3v) is 2.24. The molecule has 0 spiro atoms. The smallest absolute Gasteiger partial charge is 0.341 e. The van der Waals surface area contributed by atoms with Crippen LogP contribution in [0.15, 0.2) is 12.1 Å². The van der Waals surface area contributed by atoms with Crippen molar-refractivity contribution in [1.29, 1.82) is 0 Å². The fraction of sp³-hybridized carbons (Fsp3) is 0.300. The summed E-state index contributed by atoms with van der Waals surface area (Å²) in [7, 11) is 0. The van der Waals surface area contributed by atoms with Crippen LogP contribution in [0.25, 0.3) is 0 Å². The zero-order valence-corrected chi connectivity index (χ0v) is 9.73. The Morgan fingerprint density at radius 3 is 2.67 bits per heavy atom. The van der Waals surface area contributed by atoms with Crippen LogP contribution in [0.4, 0.5) is 5.69 Å². The minimum atomic E-state index is -0.518. The molecule has 0 saturated heterocycles. The summed E-state index contributed by atoms with van der Waals surface area (Å²) >= 11 is 11.6. The molecule has 0 amide bonds. The molecule has 1 aromatic rings. The molecule has 0 fully saturated rings. The maximum absolute atomic E-state index is 11.5. The van der Waals surface area contributed by atoms with Crippen LogP contribution in [0.2, 0.25) is 10.0 Å². The van der Waals surface area contributed by atoms with Crippen LogP contribution >= 0.6 is 23.2 Å². The summed E-state index contributed by atoms with van der Waals surface area (Å²) in [5, 5.41) is 0.602. The Kier molecular flexibility index (Phi) is 4.24. The van der Waals surface area contributed by atoms with Gasteiger partial charge >= 0.3 is 5.97 Å². The van der Waals surface area contributed by atoms with E-state index < -0.39 is 5.97 Å². The van der Waals surface area contributed by atoms with Crippen molar-refractivity contribution in [3.8, 4) is 0 Å². The van der Waals surface area contributed by atoms with Crippen molar-refractivity contribution in [2.45, 2.75) is 13.3 Å². The second-order valence-corrected chi connectivity index (χ2v) is 3.83. The van der Waals surface area contributed by atoms with Gasteiger partial charge in [-0.25, -0.2) is 4.79 Å². The number of rotatable bonds is 3. The van der Waals surface area contributed by atoms with Gasteiger partial charge < -0.3 is 10.5 Å². The predicted octanol–water partition coefficient (Wildman–Crippen LogP) is 3.14. The third-order valence-electron chi connectivity index (χ3n) is 1.73. The van der Waals surface area contributed by atoms with Crippen molar-refractivity contribution in [2.75, 3.05) is 12.3 Å². The van der Waals surface area contributed by atoms with Gasteiger partial charge in [-0.1, -0.05) is 30.1 Å². The fourth-order valence-electron chi connectivity index (χ4n) is 1.08. The number of ether oxygens (including phenoxy) is 1. The number of nitrogens with two attached hydrogens (primary N) is 1. The number of anilines is 1. The number of hydrogen-bond donors (Lipinski definition) is 1. The molecular formula is C10H11Cl2NO2. The van der Waals surface area contributed by atoms with Crippen LogP contribution < -0.4 is 5.73 Å². The monoisotopic (exact) mass is 247 g/mol. The lowest BCUT2D eigenvalue weighted by atomic mass is 10.2. The second-order valence-electron chi connectivity index (χ2n) is 2.99. The highest BCUT2D eigenvalue weighted by Gasteiger charge is 2.16. The molecule has 0 unspecified atom stereocenters. The maximum atomic E-state index is 11.5. The molecule has 0 bridgehead atoms. The average molecular weight is 248 g/mol. The van der Waals surface area contributed by atoms with E-state index >= 15 is 0 Å². The fourth-order valence-corrected chi connectivity index (χ4v) is 1.66. The predicted molar refractivity (Wildman–Crippen MR) is 61.4 cm³/mol. The first-order valence-corrected chi connectivity index (χ1v) is 5.23. The van der Waals surface area contributed by atoms with Crippen LogP contribution in [0.3, 0.4) is 0 Å². The van der Waals surface area contributed by atoms with Gasteiger partial charge in [-0.05, 0) is 18.6 Å². The van der Waals surface area contributed by atoms with Crippen LogP contribution in [0.1, 0.15) is 23.7 Å². The van der Waals surface area contributed by atoms with E-state index in [1.54, 1.807) is 0 Å². The molecule has 0 aliphatic heterocycles. The summed E-state index contributed by atoms with van der Waals surface area (Å²) in [6.45, 7) is 2.25. The number of nitrogen functional groups attached to an aromatic ring is 1. The first-order valence-electron chi connectivity index (χ1n) is 4.48. The molecule has 0 radical (unpaired) electrons. The van der Waals surface area contributed by atoms with E-state index in [0.717, 1.165) is 6.42 Å². The Morgan fingerprint density at radius 1 is 1.47 bits per heavy atom. The van der Waals surface area contributed by atoms with E-state index in [1.165, 1.54) is 12.1 Å². The quantitative estimate of drug-likeness (QED) is 0.660. The highest BCUT2D eigenvalue weighted by atomic mass is 35.5. The summed E-state index contributed by atoms with van der Waals surface area (Å²) in [4.78, 5) is 11.5. The van der Waals surface area contributed by atoms with Crippen molar-refractivity contribution in [1.82, 2.24) is 0 Å². The average Bonchev–Trinajstić information content (AvgIpc) is 2.12. The molecule has 0 aliphatic carbocycles. The highest BCUT2D eigenvalue weighted by Crippen LogP contribution is 2.27. The van der Waals surface area contributed by atoms with Crippen LogP contribution in [0, 0.1) is 0 Å². The minimum Gasteiger partial charge on any atom is -0.462 e. The van der Waals surface area contributed by atoms with E-state index in [0.29, 0.717) is 11.6 Å². The number of hydrogen-bond acceptors (Lipinski definition) is 3. The Labute approximate surface area is 98.1 Å². The minimum absolute atomic E-state index is 0.175. The molecule has 1 rings (SSSR count). The van der Waals surface area contributed by atoms with Gasteiger partial charge in [0.1, 0.15) is 5.56 Å². The molecule has 2 N–H and O–H groups in total. The summed E-state index contributed by atoms with van der Waals surface area (Å²) in [6, 6.07) is 2.93. The lowest BCUT2D eigenvalue weighted by Gasteiger charge is -2.08. The van der Waals surface area contributed by atoms with Crippen molar-refractivity contribution >= 4 is 34.9 Å². The van der Waals surface area contributed by atoms with Gasteiger partial charge in [0, 0.05) is 10.7 Å². The molecular weight excluding hydrogens is 237 g/mol. The van der Waals surface area contributed by atoms with E-state index in [2.05, 4.69) is 0 Å². The lowest BCUT2D eigenvalue weighted by molar-refractivity contribution is 0.0506. The summed E-state index contributed by atoms with van der Waals surface area (Å²) < 4.78 is 4.93. The second kappa shape index (κ2) is 5.24. The first kappa shape index (κ1) is 12.1. The summed E-state index contributed by atoms with van der Waals surface area (Å²) in [5.74, 6) is -0.518. The standard InChI is InChI=1S/C10H11Cl2NO2/c1-2-3-15-10(14)9-7(12)4-6(11)5-8(9)13/h4-5H,2-3,13H2,1H3. The highest BCUT2D eigenvalue weighted by molar-refractivity contribution is 6.37. The van der Waals surface area contributed by atoms with Crippen molar-refractivity contribution in [3.05, 3.63) is 27.7 Å². The number of carbonyl (C=O) groups is 1. The van der Waals surface area contributed by atoms with Crippen LogP contribution in [-0.2, 0) is 4.74 Å². The Bertz CT molecular complexity index is 357. The normalized spacial score (nSPS) is 10.1. The molecule has 15 heavy (non-hydrogen) atoms.